The summed E-state index contributed by atoms with van der Waals surface area (Å²) in [5.41, 5.74) is 8.03. The van der Waals surface area contributed by atoms with E-state index >= 15 is 0 Å². The smallest absolute Gasteiger partial charge is 0.138 e. The zero-order valence-corrected chi connectivity index (χ0v) is 10.8. The molecule has 0 spiro atoms. The van der Waals surface area contributed by atoms with Gasteiger partial charge in [-0.3, -0.25) is 0 Å². The maximum Gasteiger partial charge on any atom is 0.138 e. The minimum atomic E-state index is 0.558. The highest BCUT2D eigenvalue weighted by Crippen LogP contribution is 2.24. The number of nitrogens with zero attached hydrogens (tertiary/aromatic N) is 1. The second-order valence-electron chi connectivity index (χ2n) is 5.07. The molecule has 0 radical (unpaired) electrons. The first-order chi connectivity index (χ1) is 8.22. The standard InChI is InChI=1S/C13H23N3O/c1-9-12(10(2)17-16-9)8-15-13-6-4-3-5-11(13)7-14/h11,13,15H,3-8,14H2,1-2H3. The summed E-state index contributed by atoms with van der Waals surface area (Å²) in [6.45, 7) is 5.61. The predicted molar refractivity (Wildman–Crippen MR) is 67.6 cm³/mol. The van der Waals surface area contributed by atoms with E-state index in [0.29, 0.717) is 12.0 Å². The van der Waals surface area contributed by atoms with Crippen LogP contribution in [0.1, 0.15) is 42.7 Å². The molecule has 2 unspecified atom stereocenters. The minimum Gasteiger partial charge on any atom is -0.361 e. The SMILES string of the molecule is Cc1noc(C)c1CNC1CCCCC1CN. The molecule has 0 aromatic carbocycles. The van der Waals surface area contributed by atoms with Crippen molar-refractivity contribution in [1.29, 1.82) is 0 Å². The van der Waals surface area contributed by atoms with Gasteiger partial charge < -0.3 is 15.6 Å². The molecular formula is C13H23N3O. The summed E-state index contributed by atoms with van der Waals surface area (Å²) in [4.78, 5) is 0. The van der Waals surface area contributed by atoms with E-state index in [1.807, 2.05) is 13.8 Å². The molecule has 1 heterocycles. The van der Waals surface area contributed by atoms with Crippen LogP contribution in [0.3, 0.4) is 0 Å². The van der Waals surface area contributed by atoms with Crippen molar-refractivity contribution in [3.63, 3.8) is 0 Å². The van der Waals surface area contributed by atoms with Crippen LogP contribution in [0, 0.1) is 19.8 Å². The van der Waals surface area contributed by atoms with Crippen molar-refractivity contribution in [3.8, 4) is 0 Å². The minimum absolute atomic E-state index is 0.558. The molecule has 0 bridgehead atoms. The van der Waals surface area contributed by atoms with Gasteiger partial charge in [-0.15, -0.1) is 0 Å². The number of rotatable bonds is 4. The molecule has 2 atom stereocenters. The van der Waals surface area contributed by atoms with Crippen molar-refractivity contribution in [2.24, 2.45) is 11.7 Å². The van der Waals surface area contributed by atoms with Crippen LogP contribution in [-0.4, -0.2) is 17.7 Å². The lowest BCUT2D eigenvalue weighted by atomic mass is 9.84. The van der Waals surface area contributed by atoms with Crippen LogP contribution in [0.25, 0.3) is 0 Å². The molecule has 2 rings (SSSR count). The molecule has 1 aromatic heterocycles. The summed E-state index contributed by atoms with van der Waals surface area (Å²) < 4.78 is 5.17. The Morgan fingerprint density at radius 3 is 2.76 bits per heavy atom. The van der Waals surface area contributed by atoms with Crippen molar-refractivity contribution in [2.45, 2.75) is 52.1 Å². The highest BCUT2D eigenvalue weighted by Gasteiger charge is 2.23. The Labute approximate surface area is 103 Å². The molecule has 0 aliphatic heterocycles. The Hall–Kier alpha value is -0.870. The number of nitrogens with one attached hydrogen (secondary N) is 1. The van der Waals surface area contributed by atoms with Gasteiger partial charge >= 0.3 is 0 Å². The van der Waals surface area contributed by atoms with Gasteiger partial charge in [0.2, 0.25) is 0 Å². The zero-order valence-electron chi connectivity index (χ0n) is 10.8. The topological polar surface area (TPSA) is 64.1 Å². The Morgan fingerprint density at radius 1 is 1.35 bits per heavy atom. The largest absolute Gasteiger partial charge is 0.361 e. The summed E-state index contributed by atoms with van der Waals surface area (Å²) in [5, 5.41) is 7.61. The molecular weight excluding hydrogens is 214 g/mol. The normalized spacial score (nSPS) is 25.1. The number of aryl methyl sites for hydroxylation is 2. The maximum absolute atomic E-state index is 5.83. The Kier molecular flexibility index (Phi) is 4.18. The molecule has 1 aliphatic carbocycles. The van der Waals surface area contributed by atoms with Crippen molar-refractivity contribution >= 4 is 0 Å². The van der Waals surface area contributed by atoms with Gasteiger partial charge in [0, 0.05) is 18.2 Å². The van der Waals surface area contributed by atoms with Gasteiger partial charge in [0.15, 0.2) is 0 Å². The van der Waals surface area contributed by atoms with Crippen LogP contribution >= 0.6 is 0 Å². The van der Waals surface area contributed by atoms with E-state index < -0.39 is 0 Å². The third-order valence-electron chi connectivity index (χ3n) is 3.93. The monoisotopic (exact) mass is 237 g/mol. The van der Waals surface area contributed by atoms with E-state index in [1.54, 1.807) is 0 Å². The highest BCUT2D eigenvalue weighted by atomic mass is 16.5. The van der Waals surface area contributed by atoms with E-state index in [-0.39, 0.29) is 0 Å². The van der Waals surface area contributed by atoms with Crippen molar-refractivity contribution in [1.82, 2.24) is 10.5 Å². The van der Waals surface area contributed by atoms with Crippen molar-refractivity contribution < 1.29 is 4.52 Å². The first-order valence-corrected chi connectivity index (χ1v) is 6.57. The molecule has 17 heavy (non-hydrogen) atoms. The number of hydrogen-bond donors (Lipinski definition) is 2. The third kappa shape index (κ3) is 2.87. The average molecular weight is 237 g/mol. The molecule has 4 heteroatoms. The summed E-state index contributed by atoms with van der Waals surface area (Å²) >= 11 is 0. The summed E-state index contributed by atoms with van der Waals surface area (Å²) in [6, 6.07) is 0.558. The fourth-order valence-electron chi connectivity index (χ4n) is 2.75. The number of aromatic nitrogens is 1. The zero-order chi connectivity index (χ0) is 12.3. The third-order valence-corrected chi connectivity index (χ3v) is 3.93. The summed E-state index contributed by atoms with van der Waals surface area (Å²) in [6.07, 6.45) is 5.14. The van der Waals surface area contributed by atoms with E-state index in [2.05, 4.69) is 10.5 Å². The van der Waals surface area contributed by atoms with Crippen LogP contribution in [0.2, 0.25) is 0 Å². The van der Waals surface area contributed by atoms with Gasteiger partial charge in [-0.05, 0) is 39.2 Å². The first kappa shape index (κ1) is 12.6. The van der Waals surface area contributed by atoms with Gasteiger partial charge in [0.1, 0.15) is 5.76 Å². The Bertz CT molecular complexity index is 342. The molecule has 4 nitrogen and oxygen atoms in total. The van der Waals surface area contributed by atoms with E-state index in [4.69, 9.17) is 10.3 Å². The molecule has 0 saturated heterocycles. The quantitative estimate of drug-likeness (QED) is 0.839. The fraction of sp³-hybridized carbons (Fsp3) is 0.769. The lowest BCUT2D eigenvalue weighted by Crippen LogP contribution is -2.41. The Morgan fingerprint density at radius 2 is 2.12 bits per heavy atom. The summed E-state index contributed by atoms with van der Waals surface area (Å²) in [7, 11) is 0. The molecule has 1 saturated carbocycles. The molecule has 1 aromatic rings. The van der Waals surface area contributed by atoms with Gasteiger partial charge in [0.05, 0.1) is 5.69 Å². The average Bonchev–Trinajstić information content (AvgIpc) is 2.67. The first-order valence-electron chi connectivity index (χ1n) is 6.57. The lowest BCUT2D eigenvalue weighted by molar-refractivity contribution is 0.266. The predicted octanol–water partition coefficient (Wildman–Crippen LogP) is 1.90. The lowest BCUT2D eigenvalue weighted by Gasteiger charge is -2.31. The van der Waals surface area contributed by atoms with Crippen LogP contribution in [0.4, 0.5) is 0 Å². The molecule has 3 N–H and O–H groups in total. The van der Waals surface area contributed by atoms with E-state index in [1.165, 1.54) is 31.2 Å². The molecule has 0 amide bonds. The van der Waals surface area contributed by atoms with Gasteiger partial charge in [0.25, 0.3) is 0 Å². The van der Waals surface area contributed by atoms with Crippen molar-refractivity contribution in [3.05, 3.63) is 17.0 Å². The van der Waals surface area contributed by atoms with Gasteiger partial charge in [-0.2, -0.15) is 0 Å². The van der Waals surface area contributed by atoms with Gasteiger partial charge in [-0.25, -0.2) is 0 Å². The van der Waals surface area contributed by atoms with Crippen LogP contribution < -0.4 is 11.1 Å². The van der Waals surface area contributed by atoms with Crippen LogP contribution in [-0.2, 0) is 6.54 Å². The molecule has 96 valence electrons. The maximum atomic E-state index is 5.83. The number of nitrogens with two attached hydrogens (primary N) is 1. The van der Waals surface area contributed by atoms with Crippen LogP contribution in [0.15, 0.2) is 4.52 Å². The second kappa shape index (κ2) is 5.65. The van der Waals surface area contributed by atoms with Crippen LogP contribution in [0.5, 0.6) is 0 Å². The number of hydrogen-bond acceptors (Lipinski definition) is 4. The molecule has 1 aliphatic rings. The second-order valence-corrected chi connectivity index (χ2v) is 5.07. The molecule has 1 fully saturated rings. The fourth-order valence-corrected chi connectivity index (χ4v) is 2.75. The highest BCUT2D eigenvalue weighted by molar-refractivity contribution is 5.20. The Balaban J connectivity index is 1.92. The summed E-state index contributed by atoms with van der Waals surface area (Å²) in [5.74, 6) is 1.55. The van der Waals surface area contributed by atoms with E-state index in [9.17, 15) is 0 Å². The van der Waals surface area contributed by atoms with E-state index in [0.717, 1.165) is 24.5 Å². The van der Waals surface area contributed by atoms with Crippen molar-refractivity contribution in [2.75, 3.05) is 6.54 Å². The van der Waals surface area contributed by atoms with Gasteiger partial charge in [-0.1, -0.05) is 18.0 Å².